The van der Waals surface area contributed by atoms with E-state index >= 15 is 0 Å². The first kappa shape index (κ1) is 38.4. The average molecular weight is 667 g/mol. The largest absolute Gasteiger partial charge is 0.358 e. The van der Waals surface area contributed by atoms with E-state index in [0.717, 1.165) is 23.3 Å². The molecule has 1 saturated heterocycles. The van der Waals surface area contributed by atoms with Crippen LogP contribution < -0.4 is 31.9 Å². The van der Waals surface area contributed by atoms with E-state index in [1.807, 2.05) is 33.8 Å². The first-order chi connectivity index (χ1) is 21.5. The minimum atomic E-state index is -0.394. The van der Waals surface area contributed by atoms with Crippen molar-refractivity contribution in [1.29, 1.82) is 0 Å². The number of urea groups is 1. The zero-order chi connectivity index (χ0) is 33.2. The second-order valence-corrected chi connectivity index (χ2v) is 13.5. The highest BCUT2D eigenvalue weighted by Crippen LogP contribution is 2.37. The first-order valence-corrected chi connectivity index (χ1v) is 17.8. The van der Waals surface area contributed by atoms with Gasteiger partial charge in [0.15, 0.2) is 0 Å². The predicted octanol–water partition coefficient (Wildman–Crippen LogP) is 2.34. The monoisotopic (exact) mass is 666 g/mol. The Kier molecular flexibility index (Phi) is 18.0. The number of epoxide rings is 1. The van der Waals surface area contributed by atoms with Crippen LogP contribution in [-0.2, 0) is 25.7 Å². The highest BCUT2D eigenvalue weighted by Gasteiger charge is 2.40. The van der Waals surface area contributed by atoms with Crippen LogP contribution >= 0.6 is 23.5 Å². The lowest BCUT2D eigenvalue weighted by Crippen LogP contribution is -2.36. The van der Waals surface area contributed by atoms with Gasteiger partial charge in [0, 0.05) is 69.2 Å². The third-order valence-electron chi connectivity index (χ3n) is 6.76. The molecule has 0 aromatic heterocycles. The van der Waals surface area contributed by atoms with E-state index < -0.39 is 6.03 Å². The fraction of sp³-hybridized carbons (Fsp3) is 0.645. The zero-order valence-electron chi connectivity index (χ0n) is 27.1. The minimum absolute atomic E-state index is 0.0319. The van der Waals surface area contributed by atoms with E-state index in [1.165, 1.54) is 11.8 Å². The quantitative estimate of drug-likeness (QED) is 0.0803. The molecule has 1 aliphatic heterocycles. The molecule has 1 heterocycles. The van der Waals surface area contributed by atoms with Gasteiger partial charge in [0.1, 0.15) is 18.1 Å². The van der Waals surface area contributed by atoms with Crippen LogP contribution in [0.25, 0.3) is 0 Å². The van der Waals surface area contributed by atoms with Gasteiger partial charge in [0.25, 0.3) is 5.91 Å². The van der Waals surface area contributed by atoms with Crippen molar-refractivity contribution in [2.75, 3.05) is 49.7 Å². The number of nitrogens with one attached hydrogen (secondary N) is 6. The topological polar surface area (TPSA) is 170 Å². The summed E-state index contributed by atoms with van der Waals surface area (Å²) in [5.74, 6) is 2.15. The van der Waals surface area contributed by atoms with Gasteiger partial charge in [0.05, 0.1) is 11.5 Å². The normalized spacial score (nSPS) is 16.0. The summed E-state index contributed by atoms with van der Waals surface area (Å²) in [7, 11) is 1.58. The Bertz CT molecular complexity index is 1140. The van der Waals surface area contributed by atoms with Gasteiger partial charge in [-0.15, -0.1) is 0 Å². The molecular weight excluding hydrogens is 617 g/mol. The summed E-state index contributed by atoms with van der Waals surface area (Å²) in [4.78, 5) is 60.7. The number of hydrogen-bond donors (Lipinski definition) is 6. The van der Waals surface area contributed by atoms with E-state index in [9.17, 15) is 24.0 Å². The highest BCUT2D eigenvalue weighted by molar-refractivity contribution is 8.00. The van der Waals surface area contributed by atoms with E-state index in [-0.39, 0.29) is 67.3 Å². The smallest absolute Gasteiger partial charge is 0.315 e. The van der Waals surface area contributed by atoms with Crippen molar-refractivity contribution in [1.82, 2.24) is 31.9 Å². The standard InChI is InChI=1S/C31H50N6O6S2/c1-6-21(4)37-27(40)19-45-12-10-34-30-28(43-30)23-14-22(17-36-31(42)35-8-7-25(38)13-20(2)3)15-24(16-23)29(41)33-9-11-44-18-26(39)32-5/h14-16,20-21,28,30,34H,6-13,17-19H2,1-5H3,(H,32,39)(H,33,41)(H,37,40)(H2,35,36,42). The van der Waals surface area contributed by atoms with Crippen molar-refractivity contribution in [3.05, 3.63) is 34.9 Å². The molecule has 45 heavy (non-hydrogen) atoms. The van der Waals surface area contributed by atoms with Gasteiger partial charge in [-0.3, -0.25) is 24.5 Å². The predicted molar refractivity (Wildman–Crippen MR) is 180 cm³/mol. The molecule has 0 spiro atoms. The summed E-state index contributed by atoms with van der Waals surface area (Å²) in [6, 6.07) is 5.20. The van der Waals surface area contributed by atoms with Crippen molar-refractivity contribution in [3.8, 4) is 0 Å². The maximum Gasteiger partial charge on any atom is 0.315 e. The first-order valence-electron chi connectivity index (χ1n) is 15.5. The number of carbonyl (C=O) groups excluding carboxylic acids is 5. The van der Waals surface area contributed by atoms with Gasteiger partial charge in [-0.05, 0) is 42.5 Å². The second kappa shape index (κ2) is 21.1. The summed E-state index contributed by atoms with van der Waals surface area (Å²) in [5.41, 5.74) is 1.98. The zero-order valence-corrected chi connectivity index (χ0v) is 28.7. The molecule has 3 atom stereocenters. The molecular formula is C31H50N6O6S2. The fourth-order valence-electron chi connectivity index (χ4n) is 4.19. The number of Topliss-reactive ketones (excluding diaryl/α,β-unsaturated/α-hetero) is 1. The van der Waals surface area contributed by atoms with Gasteiger partial charge in [-0.2, -0.15) is 23.5 Å². The Morgan fingerprint density at radius 3 is 2.29 bits per heavy atom. The number of rotatable bonds is 22. The van der Waals surface area contributed by atoms with Crippen molar-refractivity contribution < 1.29 is 28.7 Å². The van der Waals surface area contributed by atoms with E-state index in [4.69, 9.17) is 4.74 Å². The lowest BCUT2D eigenvalue weighted by atomic mass is 10.0. The molecule has 252 valence electrons. The summed E-state index contributed by atoms with van der Waals surface area (Å²) in [6.45, 7) is 9.47. The van der Waals surface area contributed by atoms with Crippen LogP contribution in [0.3, 0.4) is 0 Å². The lowest BCUT2D eigenvalue weighted by molar-refractivity contribution is -0.120. The maximum absolute atomic E-state index is 13.0. The van der Waals surface area contributed by atoms with Crippen LogP contribution in [0.15, 0.2) is 18.2 Å². The summed E-state index contributed by atoms with van der Waals surface area (Å²) in [6.07, 6.45) is 1.20. The van der Waals surface area contributed by atoms with Gasteiger partial charge >= 0.3 is 6.03 Å². The molecule has 1 aliphatic rings. The Morgan fingerprint density at radius 2 is 1.60 bits per heavy atom. The third kappa shape index (κ3) is 16.4. The molecule has 2 rings (SSSR count). The van der Waals surface area contributed by atoms with E-state index in [2.05, 4.69) is 31.9 Å². The molecule has 0 aliphatic carbocycles. The molecule has 1 fully saturated rings. The lowest BCUT2D eigenvalue weighted by Gasteiger charge is -2.12. The van der Waals surface area contributed by atoms with Gasteiger partial charge in [-0.25, -0.2) is 4.79 Å². The van der Waals surface area contributed by atoms with Crippen molar-refractivity contribution in [2.45, 2.75) is 71.9 Å². The number of ketones is 1. The van der Waals surface area contributed by atoms with Crippen LogP contribution in [0.4, 0.5) is 4.79 Å². The second-order valence-electron chi connectivity index (χ2n) is 11.3. The molecule has 3 unspecified atom stereocenters. The molecule has 0 saturated carbocycles. The Labute approximate surface area is 275 Å². The summed E-state index contributed by atoms with van der Waals surface area (Å²) >= 11 is 2.98. The van der Waals surface area contributed by atoms with Gasteiger partial charge in [0.2, 0.25) is 11.8 Å². The number of ether oxygens (including phenoxy) is 1. The van der Waals surface area contributed by atoms with Crippen molar-refractivity contribution >= 4 is 53.1 Å². The maximum atomic E-state index is 13.0. The summed E-state index contributed by atoms with van der Waals surface area (Å²) < 4.78 is 5.86. The third-order valence-corrected chi connectivity index (χ3v) is 8.68. The SMILES string of the molecule is CCC(C)NC(=O)CSCCNC1OC1c1cc(CNC(=O)NCCC(=O)CC(C)C)cc(C(=O)NCCSCC(=O)NC)c1. The minimum Gasteiger partial charge on any atom is -0.358 e. The Morgan fingerprint density at radius 1 is 0.889 bits per heavy atom. The van der Waals surface area contributed by atoms with Gasteiger partial charge < -0.3 is 31.3 Å². The van der Waals surface area contributed by atoms with Crippen molar-refractivity contribution in [3.63, 3.8) is 0 Å². The molecule has 1 aromatic rings. The molecule has 14 heteroatoms. The van der Waals surface area contributed by atoms with Crippen LogP contribution in [0.2, 0.25) is 0 Å². The summed E-state index contributed by atoms with van der Waals surface area (Å²) in [5, 5.41) is 17.3. The van der Waals surface area contributed by atoms with Crippen LogP contribution in [-0.4, -0.2) is 91.5 Å². The molecule has 5 amide bonds. The van der Waals surface area contributed by atoms with E-state index in [1.54, 1.807) is 30.9 Å². The average Bonchev–Trinajstić information content (AvgIpc) is 3.78. The van der Waals surface area contributed by atoms with Crippen LogP contribution in [0.1, 0.15) is 74.5 Å². The van der Waals surface area contributed by atoms with E-state index in [0.29, 0.717) is 42.3 Å². The highest BCUT2D eigenvalue weighted by atomic mass is 32.2. The van der Waals surface area contributed by atoms with Gasteiger partial charge in [-0.1, -0.05) is 26.8 Å². The van der Waals surface area contributed by atoms with Crippen molar-refractivity contribution in [2.24, 2.45) is 5.92 Å². The Balaban J connectivity index is 1.92. The molecule has 12 nitrogen and oxygen atoms in total. The Hall–Kier alpha value is -2.81. The molecule has 1 aromatic carbocycles. The molecule has 0 bridgehead atoms. The van der Waals surface area contributed by atoms with Crippen LogP contribution in [0.5, 0.6) is 0 Å². The number of amides is 5. The number of thioether (sulfide) groups is 2. The molecule has 6 N–H and O–H groups in total. The number of benzene rings is 1. The van der Waals surface area contributed by atoms with Crippen LogP contribution in [0, 0.1) is 5.92 Å². The molecule has 0 radical (unpaired) electrons. The fourth-order valence-corrected chi connectivity index (χ4v) is 5.58. The number of hydrogen-bond acceptors (Lipinski definition) is 9. The number of carbonyl (C=O) groups is 5.